The Morgan fingerprint density at radius 1 is 1.29 bits per heavy atom. The van der Waals surface area contributed by atoms with Crippen molar-refractivity contribution in [2.75, 3.05) is 6.26 Å². The van der Waals surface area contributed by atoms with Crippen molar-refractivity contribution >= 4 is 51.9 Å². The zero-order valence-electron chi connectivity index (χ0n) is 14.0. The zero-order chi connectivity index (χ0) is 20.9. The number of aliphatic imine (C=N–C) groups is 1. The first-order chi connectivity index (χ1) is 13.2. The van der Waals surface area contributed by atoms with E-state index < -0.39 is 17.7 Å². The van der Waals surface area contributed by atoms with Crippen LogP contribution in [-0.4, -0.2) is 22.5 Å². The van der Waals surface area contributed by atoms with Crippen LogP contribution in [0.1, 0.15) is 15.9 Å². The summed E-state index contributed by atoms with van der Waals surface area (Å²) >= 11 is 7.92. The standard InChI is InChI=1S/C17H11ClF3N3O2S2/c1-27-16(23-8-22)24-10-6-12(17(19,20)21)14(13(18)7-10)28-11-4-2-9(3-5-11)15(25)26/h2-7H,1H3,(H,23,24)(H,25,26). The molecule has 0 atom stereocenters. The van der Waals surface area contributed by atoms with Gasteiger partial charge in [-0.25, -0.2) is 9.79 Å². The van der Waals surface area contributed by atoms with Crippen LogP contribution in [0.15, 0.2) is 51.2 Å². The number of halogens is 4. The third-order valence-corrected chi connectivity index (χ3v) is 5.38. The predicted octanol–water partition coefficient (Wildman–Crippen LogP) is 5.63. The van der Waals surface area contributed by atoms with Crippen molar-refractivity contribution in [2.24, 2.45) is 4.99 Å². The van der Waals surface area contributed by atoms with Crippen LogP contribution in [-0.2, 0) is 6.18 Å². The second-order valence-corrected chi connectivity index (χ2v) is 7.38. The Labute approximate surface area is 171 Å². The van der Waals surface area contributed by atoms with E-state index in [1.54, 1.807) is 12.4 Å². The first-order valence-corrected chi connectivity index (χ1v) is 9.77. The lowest BCUT2D eigenvalue weighted by Gasteiger charge is -2.15. The van der Waals surface area contributed by atoms with Gasteiger partial charge in [-0.15, -0.1) is 0 Å². The molecule has 0 bridgehead atoms. The van der Waals surface area contributed by atoms with E-state index in [1.807, 2.05) is 0 Å². The van der Waals surface area contributed by atoms with Gasteiger partial charge in [-0.3, -0.25) is 5.32 Å². The normalized spacial score (nSPS) is 11.8. The fraction of sp³-hybridized carbons (Fsp3) is 0.118. The lowest BCUT2D eigenvalue weighted by atomic mass is 10.2. The number of carboxylic acids is 1. The molecule has 0 saturated carbocycles. The summed E-state index contributed by atoms with van der Waals surface area (Å²) in [7, 11) is 0. The number of thioether (sulfide) groups is 1. The number of hydrogen-bond donors (Lipinski definition) is 2. The van der Waals surface area contributed by atoms with E-state index in [1.165, 1.54) is 30.3 Å². The van der Waals surface area contributed by atoms with Crippen LogP contribution in [0.25, 0.3) is 0 Å². The van der Waals surface area contributed by atoms with Gasteiger partial charge in [0.15, 0.2) is 11.4 Å². The van der Waals surface area contributed by atoms with Gasteiger partial charge in [0.1, 0.15) is 0 Å². The lowest BCUT2D eigenvalue weighted by Crippen LogP contribution is -2.12. The summed E-state index contributed by atoms with van der Waals surface area (Å²) in [4.78, 5) is 15.0. The molecule has 0 unspecified atom stereocenters. The Morgan fingerprint density at radius 3 is 2.43 bits per heavy atom. The van der Waals surface area contributed by atoms with Crippen LogP contribution in [0.5, 0.6) is 0 Å². The molecule has 5 nitrogen and oxygen atoms in total. The maximum atomic E-state index is 13.6. The third-order valence-electron chi connectivity index (χ3n) is 3.24. The number of nitrogens with one attached hydrogen (secondary N) is 1. The summed E-state index contributed by atoms with van der Waals surface area (Å²) in [6.45, 7) is 0. The molecule has 0 aromatic heterocycles. The highest BCUT2D eigenvalue weighted by molar-refractivity contribution is 8.13. The van der Waals surface area contributed by atoms with E-state index in [9.17, 15) is 18.0 Å². The van der Waals surface area contributed by atoms with Gasteiger partial charge in [-0.2, -0.15) is 18.4 Å². The summed E-state index contributed by atoms with van der Waals surface area (Å²) < 4.78 is 40.7. The largest absolute Gasteiger partial charge is 0.478 e. The van der Waals surface area contributed by atoms with Crippen LogP contribution in [0.3, 0.4) is 0 Å². The molecule has 0 aliphatic rings. The van der Waals surface area contributed by atoms with Crippen LogP contribution in [0.4, 0.5) is 18.9 Å². The van der Waals surface area contributed by atoms with Crippen LogP contribution >= 0.6 is 35.1 Å². The van der Waals surface area contributed by atoms with Crippen LogP contribution in [0, 0.1) is 11.5 Å². The molecule has 0 spiro atoms. The summed E-state index contributed by atoms with van der Waals surface area (Å²) in [5, 5.41) is 19.8. The number of rotatable bonds is 4. The van der Waals surface area contributed by atoms with Crippen molar-refractivity contribution in [1.82, 2.24) is 5.32 Å². The highest BCUT2D eigenvalue weighted by Crippen LogP contribution is 2.45. The molecule has 28 heavy (non-hydrogen) atoms. The molecule has 0 fully saturated rings. The van der Waals surface area contributed by atoms with Crippen LogP contribution in [0.2, 0.25) is 5.02 Å². The second kappa shape index (κ2) is 9.23. The number of amidine groups is 1. The molecule has 2 N–H and O–H groups in total. The van der Waals surface area contributed by atoms with Crippen molar-refractivity contribution in [1.29, 1.82) is 5.26 Å². The Bertz CT molecular complexity index is 958. The molecule has 2 aromatic carbocycles. The predicted molar refractivity (Wildman–Crippen MR) is 103 cm³/mol. The molecular weight excluding hydrogens is 435 g/mol. The van der Waals surface area contributed by atoms with Crippen molar-refractivity contribution in [2.45, 2.75) is 16.0 Å². The van der Waals surface area contributed by atoms with E-state index in [0.29, 0.717) is 4.90 Å². The van der Waals surface area contributed by atoms with E-state index in [-0.39, 0.29) is 26.3 Å². The van der Waals surface area contributed by atoms with Gasteiger partial charge in [0, 0.05) is 9.79 Å². The van der Waals surface area contributed by atoms with Crippen molar-refractivity contribution in [3.05, 3.63) is 52.5 Å². The Balaban J connectivity index is 2.49. The topological polar surface area (TPSA) is 85.5 Å². The number of nitriles is 1. The number of aromatic carboxylic acids is 1. The van der Waals surface area contributed by atoms with E-state index in [0.717, 1.165) is 29.6 Å². The van der Waals surface area contributed by atoms with E-state index in [2.05, 4.69) is 10.3 Å². The molecular formula is C17H11ClF3N3O2S2. The van der Waals surface area contributed by atoms with Gasteiger partial charge in [0.2, 0.25) is 0 Å². The average molecular weight is 446 g/mol. The third kappa shape index (κ3) is 5.58. The number of nitrogens with zero attached hydrogens (tertiary/aromatic N) is 2. The Morgan fingerprint density at radius 2 is 1.93 bits per heavy atom. The maximum Gasteiger partial charge on any atom is 0.417 e. The summed E-state index contributed by atoms with van der Waals surface area (Å²) in [5.41, 5.74) is -1.02. The minimum absolute atomic E-state index is 0.0192. The van der Waals surface area contributed by atoms with Gasteiger partial charge < -0.3 is 5.11 Å². The minimum atomic E-state index is -4.69. The molecule has 2 rings (SSSR count). The van der Waals surface area contributed by atoms with Crippen LogP contribution < -0.4 is 5.32 Å². The fourth-order valence-electron chi connectivity index (χ4n) is 2.03. The molecule has 11 heteroatoms. The smallest absolute Gasteiger partial charge is 0.417 e. The average Bonchev–Trinajstić information content (AvgIpc) is 2.62. The highest BCUT2D eigenvalue weighted by atomic mass is 35.5. The molecule has 0 radical (unpaired) electrons. The number of hydrogen-bond acceptors (Lipinski definition) is 5. The Hall–Kier alpha value is -2.35. The first-order valence-electron chi connectivity index (χ1n) is 7.35. The highest BCUT2D eigenvalue weighted by Gasteiger charge is 2.35. The molecule has 0 aliphatic heterocycles. The minimum Gasteiger partial charge on any atom is -0.478 e. The van der Waals surface area contributed by atoms with E-state index >= 15 is 0 Å². The summed E-state index contributed by atoms with van der Waals surface area (Å²) in [5.74, 6) is -1.14. The van der Waals surface area contributed by atoms with Crippen molar-refractivity contribution in [3.63, 3.8) is 0 Å². The molecule has 146 valence electrons. The monoisotopic (exact) mass is 445 g/mol. The summed E-state index contributed by atoms with van der Waals surface area (Å²) in [6.07, 6.45) is -1.43. The van der Waals surface area contributed by atoms with E-state index in [4.69, 9.17) is 22.0 Å². The van der Waals surface area contributed by atoms with Gasteiger partial charge in [0.25, 0.3) is 0 Å². The summed E-state index contributed by atoms with van der Waals surface area (Å²) in [6, 6.07) is 7.50. The SMILES string of the molecule is CSC(=Nc1cc(Cl)c(Sc2ccc(C(=O)O)cc2)c(C(F)(F)F)c1)NC#N. The lowest BCUT2D eigenvalue weighted by molar-refractivity contribution is -0.139. The van der Waals surface area contributed by atoms with Crippen molar-refractivity contribution in [3.8, 4) is 6.19 Å². The molecule has 0 aliphatic carbocycles. The molecule has 0 saturated heterocycles. The molecule has 0 amide bonds. The van der Waals surface area contributed by atoms with Gasteiger partial charge in [-0.05, 0) is 42.7 Å². The van der Waals surface area contributed by atoms with Gasteiger partial charge in [0.05, 0.1) is 21.8 Å². The zero-order valence-corrected chi connectivity index (χ0v) is 16.4. The second-order valence-electron chi connectivity index (χ2n) is 5.09. The fourth-order valence-corrected chi connectivity index (χ4v) is 3.65. The number of alkyl halides is 3. The number of carboxylic acid groups (broad SMARTS) is 1. The first kappa shape index (κ1) is 21.9. The number of benzene rings is 2. The van der Waals surface area contributed by atoms with Gasteiger partial charge in [-0.1, -0.05) is 35.1 Å². The van der Waals surface area contributed by atoms with Crippen molar-refractivity contribution < 1.29 is 23.1 Å². The maximum absolute atomic E-state index is 13.6. The molecule has 0 heterocycles. The Kier molecular flexibility index (Phi) is 7.23. The van der Waals surface area contributed by atoms with Gasteiger partial charge >= 0.3 is 12.1 Å². The molecule has 2 aromatic rings. The quantitative estimate of drug-likeness (QED) is 0.274. The number of carbonyl (C=O) groups is 1.